The fraction of sp³-hybridized carbons (Fsp3) is 0.444. The van der Waals surface area contributed by atoms with Crippen molar-refractivity contribution < 1.29 is 9.53 Å². The van der Waals surface area contributed by atoms with Gasteiger partial charge in [0.2, 0.25) is 0 Å². The van der Waals surface area contributed by atoms with E-state index in [2.05, 4.69) is 15.7 Å². The average Bonchev–Trinajstić information content (AvgIpc) is 3.13. The molecule has 1 amide bonds. The van der Waals surface area contributed by atoms with Gasteiger partial charge >= 0.3 is 0 Å². The molecule has 0 radical (unpaired) electrons. The summed E-state index contributed by atoms with van der Waals surface area (Å²) in [6, 6.07) is 7.59. The van der Waals surface area contributed by atoms with Gasteiger partial charge in [0.25, 0.3) is 5.91 Å². The molecule has 3 rings (SSSR count). The molecule has 1 saturated heterocycles. The van der Waals surface area contributed by atoms with Gasteiger partial charge in [0.1, 0.15) is 11.3 Å². The predicted octanol–water partition coefficient (Wildman–Crippen LogP) is 2.73. The van der Waals surface area contributed by atoms with Crippen LogP contribution < -0.4 is 15.4 Å². The number of piperidine rings is 1. The highest BCUT2D eigenvalue weighted by Crippen LogP contribution is 2.30. The van der Waals surface area contributed by atoms with Crippen molar-refractivity contribution in [3.05, 3.63) is 42.2 Å². The summed E-state index contributed by atoms with van der Waals surface area (Å²) >= 11 is 0. The van der Waals surface area contributed by atoms with E-state index in [1.54, 1.807) is 10.9 Å². The first-order valence-electron chi connectivity index (χ1n) is 8.41. The van der Waals surface area contributed by atoms with Gasteiger partial charge in [0.05, 0.1) is 6.61 Å². The van der Waals surface area contributed by atoms with Crippen molar-refractivity contribution in [1.29, 1.82) is 0 Å². The first kappa shape index (κ1) is 19.3. The van der Waals surface area contributed by atoms with Crippen molar-refractivity contribution in [2.24, 2.45) is 0 Å². The Hall–Kier alpha value is -2.05. The summed E-state index contributed by atoms with van der Waals surface area (Å²) in [5, 5.41) is 10.8. The zero-order valence-electron chi connectivity index (χ0n) is 14.6. The Balaban J connectivity index is 0.00000225. The summed E-state index contributed by atoms with van der Waals surface area (Å²) in [6.45, 7) is 6.16. The molecule has 7 heteroatoms. The summed E-state index contributed by atoms with van der Waals surface area (Å²) in [6.07, 6.45) is 5.03. The van der Waals surface area contributed by atoms with Crippen LogP contribution in [-0.2, 0) is 10.3 Å². The lowest BCUT2D eigenvalue weighted by Crippen LogP contribution is -2.52. The first-order chi connectivity index (χ1) is 11.7. The quantitative estimate of drug-likeness (QED) is 0.856. The van der Waals surface area contributed by atoms with E-state index < -0.39 is 5.54 Å². The van der Waals surface area contributed by atoms with E-state index in [1.807, 2.05) is 44.3 Å². The molecule has 1 fully saturated rings. The molecular weight excluding hydrogens is 340 g/mol. The number of nitrogens with one attached hydrogen (secondary N) is 2. The largest absolute Gasteiger partial charge is 0.494 e. The molecule has 0 spiro atoms. The lowest BCUT2D eigenvalue weighted by atomic mass is 9.87. The van der Waals surface area contributed by atoms with Gasteiger partial charge < -0.3 is 15.4 Å². The Kier molecular flexibility index (Phi) is 6.45. The maximum Gasteiger partial charge on any atom is 0.252 e. The summed E-state index contributed by atoms with van der Waals surface area (Å²) in [4.78, 5) is 13.1. The number of rotatable bonds is 5. The van der Waals surface area contributed by atoms with Gasteiger partial charge in [0, 0.05) is 18.1 Å². The standard InChI is InChI=1S/C18H24N4O2.ClH/c1-3-24-15-5-6-16(14(2)13-15)21-17(23)18(7-10-19-11-8-18)22-12-4-9-20-22;/h4-6,9,12-13,19H,3,7-8,10-11H2,1-2H3,(H,21,23);1H. The Bertz CT molecular complexity index is 697. The number of hydrogen-bond donors (Lipinski definition) is 2. The van der Waals surface area contributed by atoms with Gasteiger partial charge in [0.15, 0.2) is 0 Å². The molecular formula is C18H25ClN4O2. The van der Waals surface area contributed by atoms with Crippen LogP contribution in [0.25, 0.3) is 0 Å². The normalized spacial score (nSPS) is 15.9. The molecule has 6 nitrogen and oxygen atoms in total. The number of amides is 1. The van der Waals surface area contributed by atoms with Crippen LogP contribution in [0.4, 0.5) is 5.69 Å². The summed E-state index contributed by atoms with van der Waals surface area (Å²) in [7, 11) is 0. The minimum absolute atomic E-state index is 0. The van der Waals surface area contributed by atoms with E-state index in [0.717, 1.165) is 42.9 Å². The van der Waals surface area contributed by atoms with Gasteiger partial charge in [-0.15, -0.1) is 12.4 Å². The van der Waals surface area contributed by atoms with E-state index in [1.165, 1.54) is 0 Å². The molecule has 0 atom stereocenters. The Morgan fingerprint density at radius 3 is 2.76 bits per heavy atom. The number of benzene rings is 1. The molecule has 25 heavy (non-hydrogen) atoms. The highest BCUT2D eigenvalue weighted by molar-refractivity contribution is 5.97. The van der Waals surface area contributed by atoms with Crippen LogP contribution >= 0.6 is 12.4 Å². The number of carbonyl (C=O) groups is 1. The maximum atomic E-state index is 13.1. The number of aryl methyl sites for hydroxylation is 1. The third-order valence-corrected chi connectivity index (χ3v) is 4.55. The monoisotopic (exact) mass is 364 g/mol. The molecule has 2 N–H and O–H groups in total. The van der Waals surface area contributed by atoms with Crippen LogP contribution in [0.5, 0.6) is 5.75 Å². The van der Waals surface area contributed by atoms with Crippen LogP contribution in [-0.4, -0.2) is 35.4 Å². The topological polar surface area (TPSA) is 68.2 Å². The van der Waals surface area contributed by atoms with Gasteiger partial charge in [-0.25, -0.2) is 0 Å². The molecule has 2 aromatic rings. The fourth-order valence-electron chi connectivity index (χ4n) is 3.19. The Labute approximate surface area is 154 Å². The van der Waals surface area contributed by atoms with Crippen LogP contribution in [0, 0.1) is 6.92 Å². The van der Waals surface area contributed by atoms with Gasteiger partial charge in [-0.05, 0) is 69.6 Å². The van der Waals surface area contributed by atoms with Crippen LogP contribution in [0.3, 0.4) is 0 Å². The highest BCUT2D eigenvalue weighted by Gasteiger charge is 2.42. The van der Waals surface area contributed by atoms with Crippen molar-refractivity contribution in [2.75, 3.05) is 25.0 Å². The summed E-state index contributed by atoms with van der Waals surface area (Å²) < 4.78 is 7.31. The second-order valence-electron chi connectivity index (χ2n) is 6.10. The predicted molar refractivity (Wildman–Crippen MR) is 101 cm³/mol. The fourth-order valence-corrected chi connectivity index (χ4v) is 3.19. The van der Waals surface area contributed by atoms with E-state index in [9.17, 15) is 4.79 Å². The van der Waals surface area contributed by atoms with Crippen molar-refractivity contribution in [2.45, 2.75) is 32.2 Å². The number of anilines is 1. The lowest BCUT2D eigenvalue weighted by molar-refractivity contribution is -0.126. The van der Waals surface area contributed by atoms with E-state index in [0.29, 0.717) is 6.61 Å². The molecule has 0 aliphatic carbocycles. The number of nitrogens with zero attached hydrogens (tertiary/aromatic N) is 2. The highest BCUT2D eigenvalue weighted by atomic mass is 35.5. The maximum absolute atomic E-state index is 13.1. The van der Waals surface area contributed by atoms with Crippen LogP contribution in [0.15, 0.2) is 36.7 Å². The van der Waals surface area contributed by atoms with Gasteiger partial charge in [-0.1, -0.05) is 0 Å². The second-order valence-corrected chi connectivity index (χ2v) is 6.10. The molecule has 136 valence electrons. The molecule has 1 aromatic heterocycles. The molecule has 0 bridgehead atoms. The van der Waals surface area contributed by atoms with Crippen molar-refractivity contribution in [3.63, 3.8) is 0 Å². The third kappa shape index (κ3) is 3.96. The Morgan fingerprint density at radius 1 is 1.40 bits per heavy atom. The number of carbonyl (C=O) groups excluding carboxylic acids is 1. The van der Waals surface area contributed by atoms with E-state index >= 15 is 0 Å². The zero-order valence-corrected chi connectivity index (χ0v) is 15.4. The molecule has 0 unspecified atom stereocenters. The second kappa shape index (κ2) is 8.36. The summed E-state index contributed by atoms with van der Waals surface area (Å²) in [5.74, 6) is 0.802. The van der Waals surface area contributed by atoms with Crippen molar-refractivity contribution >= 4 is 24.0 Å². The zero-order chi connectivity index (χ0) is 17.0. The minimum atomic E-state index is -0.639. The lowest BCUT2D eigenvalue weighted by Gasteiger charge is -2.36. The average molecular weight is 365 g/mol. The molecule has 1 aliphatic rings. The Morgan fingerprint density at radius 2 is 2.16 bits per heavy atom. The van der Waals surface area contributed by atoms with Crippen LogP contribution in [0.1, 0.15) is 25.3 Å². The number of halogens is 1. The molecule has 2 heterocycles. The minimum Gasteiger partial charge on any atom is -0.494 e. The molecule has 0 saturated carbocycles. The number of ether oxygens (including phenoxy) is 1. The van der Waals surface area contributed by atoms with Crippen molar-refractivity contribution in [1.82, 2.24) is 15.1 Å². The molecule has 1 aliphatic heterocycles. The first-order valence-corrected chi connectivity index (χ1v) is 8.41. The smallest absolute Gasteiger partial charge is 0.252 e. The van der Waals surface area contributed by atoms with Gasteiger partial charge in [-0.2, -0.15) is 5.10 Å². The van der Waals surface area contributed by atoms with Gasteiger partial charge in [-0.3, -0.25) is 9.48 Å². The van der Waals surface area contributed by atoms with E-state index in [-0.39, 0.29) is 18.3 Å². The molecule has 1 aromatic carbocycles. The number of aromatic nitrogens is 2. The number of hydrogen-bond acceptors (Lipinski definition) is 4. The van der Waals surface area contributed by atoms with Crippen molar-refractivity contribution in [3.8, 4) is 5.75 Å². The SMILES string of the molecule is CCOc1ccc(NC(=O)C2(n3cccn3)CCNCC2)c(C)c1.Cl. The van der Waals surface area contributed by atoms with Crippen LogP contribution in [0.2, 0.25) is 0 Å². The third-order valence-electron chi connectivity index (χ3n) is 4.55. The summed E-state index contributed by atoms with van der Waals surface area (Å²) in [5.41, 5.74) is 1.16. The van der Waals surface area contributed by atoms with E-state index in [4.69, 9.17) is 4.74 Å².